The van der Waals surface area contributed by atoms with Crippen LogP contribution in [0.4, 0.5) is 17.1 Å². The fourth-order valence-electron chi connectivity index (χ4n) is 6.72. The molecule has 0 saturated carbocycles. The second-order valence-electron chi connectivity index (χ2n) is 11.4. The van der Waals surface area contributed by atoms with E-state index in [4.69, 9.17) is 4.74 Å². The summed E-state index contributed by atoms with van der Waals surface area (Å²) in [6, 6.07) is 58.5. The molecular weight excluding hydrogens is 534 g/mol. The van der Waals surface area contributed by atoms with Crippen molar-refractivity contribution in [2.45, 2.75) is 0 Å². The highest BCUT2D eigenvalue weighted by atomic mass is 16.5. The molecule has 0 aliphatic carbocycles. The van der Waals surface area contributed by atoms with Crippen molar-refractivity contribution in [2.75, 3.05) is 4.90 Å². The first-order valence-corrected chi connectivity index (χ1v) is 15.0. The van der Waals surface area contributed by atoms with E-state index in [1.54, 1.807) is 0 Å². The van der Waals surface area contributed by atoms with Gasteiger partial charge in [0.2, 0.25) is 0 Å². The van der Waals surface area contributed by atoms with Gasteiger partial charge in [0.1, 0.15) is 0 Å². The summed E-state index contributed by atoms with van der Waals surface area (Å²) in [6.45, 7) is 0. The molecule has 0 spiro atoms. The molecule has 2 aliphatic rings. The molecule has 7 aromatic carbocycles. The van der Waals surface area contributed by atoms with E-state index in [-0.39, 0.29) is 0 Å². The zero-order valence-corrected chi connectivity index (χ0v) is 23.9. The first kappa shape index (κ1) is 24.7. The third-order valence-corrected chi connectivity index (χ3v) is 8.78. The van der Waals surface area contributed by atoms with Crippen LogP contribution < -0.4 is 9.64 Å². The molecule has 7 aromatic rings. The van der Waals surface area contributed by atoms with Gasteiger partial charge in [0.05, 0.1) is 17.1 Å². The van der Waals surface area contributed by atoms with Crippen molar-refractivity contribution in [3.05, 3.63) is 164 Å². The first-order chi connectivity index (χ1) is 21.8. The Labute approximate surface area is 257 Å². The second-order valence-corrected chi connectivity index (χ2v) is 11.4. The minimum atomic E-state index is 0.854. The van der Waals surface area contributed by atoms with Crippen molar-refractivity contribution in [3.8, 4) is 67.1 Å². The molecular formula is C42H27NO. The third-order valence-electron chi connectivity index (χ3n) is 8.78. The molecule has 206 valence electrons. The van der Waals surface area contributed by atoms with Crippen LogP contribution in [0.25, 0.3) is 55.6 Å². The summed E-state index contributed by atoms with van der Waals surface area (Å²) in [5.74, 6) is 1.72. The third kappa shape index (κ3) is 3.89. The van der Waals surface area contributed by atoms with Crippen molar-refractivity contribution in [3.63, 3.8) is 0 Å². The van der Waals surface area contributed by atoms with E-state index in [0.717, 1.165) is 39.7 Å². The van der Waals surface area contributed by atoms with Gasteiger partial charge < -0.3 is 9.64 Å². The number of hydrogen-bond acceptors (Lipinski definition) is 2. The van der Waals surface area contributed by atoms with Gasteiger partial charge in [-0.2, -0.15) is 0 Å². The summed E-state index contributed by atoms with van der Waals surface area (Å²) in [5.41, 5.74) is 15.2. The quantitative estimate of drug-likeness (QED) is 0.213. The summed E-state index contributed by atoms with van der Waals surface area (Å²) in [7, 11) is 0. The maximum atomic E-state index is 6.68. The van der Waals surface area contributed by atoms with E-state index >= 15 is 0 Å². The molecule has 2 heteroatoms. The number of rotatable bonds is 3. The molecule has 2 heterocycles. The van der Waals surface area contributed by atoms with Crippen molar-refractivity contribution >= 4 is 17.1 Å². The van der Waals surface area contributed by atoms with Crippen LogP contribution in [-0.4, -0.2) is 0 Å². The molecule has 0 aromatic heterocycles. The standard InChI is InChI=1S/C42H27NO/c1-3-12-28(13-4-1)30-16-11-17-31(24-30)32-22-23-38-36(25-32)34-18-7-8-19-35(34)37-26-33(29-14-5-2-6-15-29)27-41-42(37)43(38)39-20-9-10-21-40(39)44-41/h1-27H. The molecule has 44 heavy (non-hydrogen) atoms. The Balaban J connectivity index is 1.30. The van der Waals surface area contributed by atoms with Crippen LogP contribution in [0.5, 0.6) is 11.5 Å². The fraction of sp³-hybridized carbons (Fsp3) is 0. The van der Waals surface area contributed by atoms with E-state index in [9.17, 15) is 0 Å². The van der Waals surface area contributed by atoms with E-state index in [2.05, 4.69) is 163 Å². The Morgan fingerprint density at radius 3 is 1.66 bits per heavy atom. The van der Waals surface area contributed by atoms with Gasteiger partial charge in [-0.25, -0.2) is 0 Å². The van der Waals surface area contributed by atoms with Crippen LogP contribution in [0.3, 0.4) is 0 Å². The van der Waals surface area contributed by atoms with E-state index in [1.165, 1.54) is 44.5 Å². The highest BCUT2D eigenvalue weighted by Gasteiger charge is 2.34. The Hall–Kier alpha value is -5.86. The molecule has 2 aliphatic heterocycles. The lowest BCUT2D eigenvalue weighted by atomic mass is 9.90. The smallest absolute Gasteiger partial charge is 0.152 e. The summed E-state index contributed by atoms with van der Waals surface area (Å²) in [6.07, 6.45) is 0. The summed E-state index contributed by atoms with van der Waals surface area (Å²) in [4.78, 5) is 2.40. The maximum absolute atomic E-state index is 6.68. The van der Waals surface area contributed by atoms with Gasteiger partial charge in [-0.3, -0.25) is 0 Å². The van der Waals surface area contributed by atoms with Gasteiger partial charge in [-0.15, -0.1) is 0 Å². The number of benzene rings is 7. The van der Waals surface area contributed by atoms with Gasteiger partial charge in [0.25, 0.3) is 0 Å². The summed E-state index contributed by atoms with van der Waals surface area (Å²) < 4.78 is 6.68. The number of hydrogen-bond donors (Lipinski definition) is 0. The van der Waals surface area contributed by atoms with Crippen LogP contribution in [0.15, 0.2) is 164 Å². The summed E-state index contributed by atoms with van der Waals surface area (Å²) >= 11 is 0. The lowest BCUT2D eigenvalue weighted by Gasteiger charge is -2.34. The average molecular weight is 562 g/mol. The van der Waals surface area contributed by atoms with Crippen LogP contribution >= 0.6 is 0 Å². The first-order valence-electron chi connectivity index (χ1n) is 15.0. The van der Waals surface area contributed by atoms with Crippen LogP contribution in [-0.2, 0) is 0 Å². The Bertz CT molecular complexity index is 2200. The molecule has 9 rings (SSSR count). The van der Waals surface area contributed by atoms with Crippen molar-refractivity contribution in [1.29, 1.82) is 0 Å². The number of para-hydroxylation sites is 2. The highest BCUT2D eigenvalue weighted by Crippen LogP contribution is 2.60. The van der Waals surface area contributed by atoms with Gasteiger partial charge >= 0.3 is 0 Å². The second kappa shape index (κ2) is 9.86. The highest BCUT2D eigenvalue weighted by molar-refractivity contribution is 6.07. The number of fused-ring (bicyclic) bond motifs is 7. The minimum Gasteiger partial charge on any atom is -0.453 e. The number of anilines is 3. The Morgan fingerprint density at radius 2 is 0.886 bits per heavy atom. The topological polar surface area (TPSA) is 12.5 Å². The molecule has 0 radical (unpaired) electrons. The van der Waals surface area contributed by atoms with E-state index < -0.39 is 0 Å². The Kier molecular flexibility index (Phi) is 5.54. The zero-order chi connectivity index (χ0) is 29.0. The molecule has 0 saturated heterocycles. The van der Waals surface area contributed by atoms with E-state index in [0.29, 0.717) is 0 Å². The molecule has 0 fully saturated rings. The monoisotopic (exact) mass is 561 g/mol. The lowest BCUT2D eigenvalue weighted by Crippen LogP contribution is -2.16. The SMILES string of the molecule is c1ccc(-c2cccc(-c3ccc4c(c3)-c3ccccc3-c3cc(-c5ccccc5)cc5c3N4c3ccccc3O5)c2)cc1. The van der Waals surface area contributed by atoms with E-state index in [1.807, 2.05) is 6.07 Å². The van der Waals surface area contributed by atoms with Crippen LogP contribution in [0.1, 0.15) is 0 Å². The fourth-order valence-corrected chi connectivity index (χ4v) is 6.72. The van der Waals surface area contributed by atoms with Crippen molar-refractivity contribution in [2.24, 2.45) is 0 Å². The molecule has 0 bridgehead atoms. The lowest BCUT2D eigenvalue weighted by molar-refractivity contribution is 0.477. The molecule has 0 atom stereocenters. The van der Waals surface area contributed by atoms with Crippen molar-refractivity contribution in [1.82, 2.24) is 0 Å². The zero-order valence-electron chi connectivity index (χ0n) is 23.9. The molecule has 0 amide bonds. The van der Waals surface area contributed by atoms with Crippen molar-refractivity contribution < 1.29 is 4.74 Å². The number of ether oxygens (including phenoxy) is 1. The van der Waals surface area contributed by atoms with Gasteiger partial charge in [0.15, 0.2) is 11.5 Å². The summed E-state index contributed by atoms with van der Waals surface area (Å²) in [5, 5.41) is 0. The normalized spacial score (nSPS) is 12.2. The van der Waals surface area contributed by atoms with Gasteiger partial charge in [-0.05, 0) is 87.0 Å². The molecule has 0 N–H and O–H groups in total. The average Bonchev–Trinajstić information content (AvgIpc) is 3.22. The Morgan fingerprint density at radius 1 is 0.318 bits per heavy atom. The molecule has 0 unspecified atom stereocenters. The predicted octanol–water partition coefficient (Wildman–Crippen LogP) is 11.9. The number of nitrogens with zero attached hydrogens (tertiary/aromatic N) is 1. The van der Waals surface area contributed by atoms with Crippen LogP contribution in [0, 0.1) is 0 Å². The van der Waals surface area contributed by atoms with Gasteiger partial charge in [0, 0.05) is 11.1 Å². The van der Waals surface area contributed by atoms with Crippen LogP contribution in [0.2, 0.25) is 0 Å². The van der Waals surface area contributed by atoms with Gasteiger partial charge in [-0.1, -0.05) is 121 Å². The molecule has 2 nitrogen and oxygen atoms in total. The maximum Gasteiger partial charge on any atom is 0.152 e. The predicted molar refractivity (Wildman–Crippen MR) is 182 cm³/mol. The largest absolute Gasteiger partial charge is 0.453 e. The minimum absolute atomic E-state index is 0.854.